The minimum atomic E-state index is -0.556. The Kier molecular flexibility index (Phi) is 4.86. The highest BCUT2D eigenvalue weighted by Crippen LogP contribution is 2.36. The van der Waals surface area contributed by atoms with Gasteiger partial charge in [0, 0.05) is 16.6 Å². The van der Waals surface area contributed by atoms with E-state index >= 15 is 0 Å². The standard InChI is InChI=1S/C13H8BrCl2NO3/c14-9-3-1-8(2-4-9)7-20-13-6-11(16)10(15)5-12(13)17(18)19/h1-6H,7H2. The van der Waals surface area contributed by atoms with Crippen LogP contribution in [0, 0.1) is 10.1 Å². The molecule has 2 rings (SSSR count). The average Bonchev–Trinajstić information content (AvgIpc) is 2.41. The topological polar surface area (TPSA) is 52.4 Å². The van der Waals surface area contributed by atoms with Crippen LogP contribution in [0.5, 0.6) is 5.75 Å². The molecular formula is C13H8BrCl2NO3. The zero-order valence-electron chi connectivity index (χ0n) is 9.98. The molecule has 104 valence electrons. The van der Waals surface area contributed by atoms with Crippen LogP contribution < -0.4 is 4.74 Å². The number of hydrogen-bond acceptors (Lipinski definition) is 3. The summed E-state index contributed by atoms with van der Waals surface area (Å²) in [6.45, 7) is 0.200. The smallest absolute Gasteiger partial charge is 0.312 e. The molecule has 0 unspecified atom stereocenters. The maximum atomic E-state index is 11.0. The lowest BCUT2D eigenvalue weighted by Gasteiger charge is -2.08. The molecule has 0 radical (unpaired) electrons. The van der Waals surface area contributed by atoms with Gasteiger partial charge in [-0.2, -0.15) is 0 Å². The van der Waals surface area contributed by atoms with E-state index in [-0.39, 0.29) is 28.1 Å². The SMILES string of the molecule is O=[N+]([O-])c1cc(Cl)c(Cl)cc1OCc1ccc(Br)cc1. The van der Waals surface area contributed by atoms with Gasteiger partial charge in [-0.25, -0.2) is 0 Å². The molecule has 2 aromatic rings. The van der Waals surface area contributed by atoms with Gasteiger partial charge in [0.15, 0.2) is 5.75 Å². The monoisotopic (exact) mass is 375 g/mol. The Morgan fingerprint density at radius 2 is 1.75 bits per heavy atom. The normalized spacial score (nSPS) is 10.3. The van der Waals surface area contributed by atoms with Gasteiger partial charge in [-0.3, -0.25) is 10.1 Å². The Bertz CT molecular complexity index is 647. The van der Waals surface area contributed by atoms with Gasteiger partial charge in [0.1, 0.15) is 6.61 Å². The van der Waals surface area contributed by atoms with Crippen molar-refractivity contribution in [2.45, 2.75) is 6.61 Å². The number of nitrogens with zero attached hydrogens (tertiary/aromatic N) is 1. The van der Waals surface area contributed by atoms with Crippen LogP contribution in [0.25, 0.3) is 0 Å². The van der Waals surface area contributed by atoms with Crippen molar-refractivity contribution in [1.29, 1.82) is 0 Å². The van der Waals surface area contributed by atoms with Crippen LogP contribution in [0.15, 0.2) is 40.9 Å². The fraction of sp³-hybridized carbons (Fsp3) is 0.0769. The molecule has 0 spiro atoms. The second-order valence-electron chi connectivity index (χ2n) is 3.91. The molecule has 0 N–H and O–H groups in total. The Balaban J connectivity index is 2.22. The number of rotatable bonds is 4. The van der Waals surface area contributed by atoms with E-state index in [0.717, 1.165) is 10.0 Å². The lowest BCUT2D eigenvalue weighted by molar-refractivity contribution is -0.385. The molecule has 0 bridgehead atoms. The van der Waals surface area contributed by atoms with E-state index in [1.807, 2.05) is 24.3 Å². The van der Waals surface area contributed by atoms with Gasteiger partial charge >= 0.3 is 5.69 Å². The third-order valence-corrected chi connectivity index (χ3v) is 3.76. The van der Waals surface area contributed by atoms with Crippen LogP contribution in [-0.2, 0) is 6.61 Å². The largest absolute Gasteiger partial charge is 0.482 e. The van der Waals surface area contributed by atoms with Gasteiger partial charge in [0.05, 0.1) is 15.0 Å². The third-order valence-electron chi connectivity index (χ3n) is 2.51. The van der Waals surface area contributed by atoms with Crippen molar-refractivity contribution in [2.75, 3.05) is 0 Å². The van der Waals surface area contributed by atoms with Crippen LogP contribution in [-0.4, -0.2) is 4.92 Å². The minimum Gasteiger partial charge on any atom is -0.482 e. The Morgan fingerprint density at radius 1 is 1.15 bits per heavy atom. The summed E-state index contributed by atoms with van der Waals surface area (Å²) in [5.74, 6) is 0.0901. The first kappa shape index (κ1) is 15.1. The van der Waals surface area contributed by atoms with Crippen molar-refractivity contribution in [3.63, 3.8) is 0 Å². The average molecular weight is 377 g/mol. The van der Waals surface area contributed by atoms with E-state index in [9.17, 15) is 10.1 Å². The fourth-order valence-electron chi connectivity index (χ4n) is 1.52. The van der Waals surface area contributed by atoms with Crippen molar-refractivity contribution >= 4 is 44.8 Å². The van der Waals surface area contributed by atoms with Gasteiger partial charge in [-0.1, -0.05) is 51.3 Å². The zero-order valence-corrected chi connectivity index (χ0v) is 13.1. The Morgan fingerprint density at radius 3 is 2.35 bits per heavy atom. The first-order valence-corrected chi connectivity index (χ1v) is 7.03. The number of halogens is 3. The maximum Gasteiger partial charge on any atom is 0.312 e. The molecule has 7 heteroatoms. The number of nitro benzene ring substituents is 1. The summed E-state index contributed by atoms with van der Waals surface area (Å²) in [5, 5.41) is 11.3. The first-order chi connectivity index (χ1) is 9.47. The Hall–Kier alpha value is -1.30. The quantitative estimate of drug-likeness (QED) is 0.541. The second kappa shape index (κ2) is 6.43. The highest BCUT2D eigenvalue weighted by molar-refractivity contribution is 9.10. The van der Waals surface area contributed by atoms with Gasteiger partial charge in [0.25, 0.3) is 0 Å². The summed E-state index contributed by atoms with van der Waals surface area (Å²) in [5.41, 5.74) is 0.671. The van der Waals surface area contributed by atoms with Crippen molar-refractivity contribution in [1.82, 2.24) is 0 Å². The first-order valence-electron chi connectivity index (χ1n) is 5.48. The maximum absolute atomic E-state index is 11.0. The summed E-state index contributed by atoms with van der Waals surface area (Å²) < 4.78 is 6.41. The molecule has 0 aromatic heterocycles. The molecule has 2 aromatic carbocycles. The number of nitro groups is 1. The van der Waals surface area contributed by atoms with Crippen LogP contribution in [0.3, 0.4) is 0 Å². The van der Waals surface area contributed by atoms with E-state index in [4.69, 9.17) is 27.9 Å². The number of ether oxygens (including phenoxy) is 1. The van der Waals surface area contributed by atoms with E-state index in [1.54, 1.807) is 0 Å². The van der Waals surface area contributed by atoms with Crippen LogP contribution >= 0.6 is 39.1 Å². The number of hydrogen-bond donors (Lipinski definition) is 0. The van der Waals surface area contributed by atoms with Crippen molar-refractivity contribution in [3.05, 3.63) is 66.6 Å². The summed E-state index contributed by atoms with van der Waals surface area (Å²) in [6, 6.07) is 9.96. The Labute approximate surface area is 133 Å². The highest BCUT2D eigenvalue weighted by Gasteiger charge is 2.18. The molecule has 20 heavy (non-hydrogen) atoms. The van der Waals surface area contributed by atoms with Crippen LogP contribution in [0.4, 0.5) is 5.69 Å². The van der Waals surface area contributed by atoms with Crippen molar-refractivity contribution < 1.29 is 9.66 Å². The van der Waals surface area contributed by atoms with E-state index in [1.165, 1.54) is 12.1 Å². The molecule has 0 fully saturated rings. The highest BCUT2D eigenvalue weighted by atomic mass is 79.9. The predicted molar refractivity (Wildman–Crippen MR) is 81.6 cm³/mol. The predicted octanol–water partition coefficient (Wildman–Crippen LogP) is 5.24. The van der Waals surface area contributed by atoms with Crippen LogP contribution in [0.1, 0.15) is 5.56 Å². The molecule has 4 nitrogen and oxygen atoms in total. The van der Waals surface area contributed by atoms with E-state index in [2.05, 4.69) is 15.9 Å². The minimum absolute atomic E-state index is 0.0901. The van der Waals surface area contributed by atoms with E-state index in [0.29, 0.717) is 0 Å². The molecule has 0 saturated carbocycles. The molecule has 0 aliphatic carbocycles. The molecule has 0 aliphatic heterocycles. The molecule has 0 atom stereocenters. The van der Waals surface area contributed by atoms with Crippen molar-refractivity contribution in [3.8, 4) is 5.75 Å². The fourth-order valence-corrected chi connectivity index (χ4v) is 2.09. The summed E-state index contributed by atoms with van der Waals surface area (Å²) in [6.07, 6.45) is 0. The van der Waals surface area contributed by atoms with E-state index < -0.39 is 4.92 Å². The molecular weight excluding hydrogens is 369 g/mol. The van der Waals surface area contributed by atoms with Crippen molar-refractivity contribution in [2.24, 2.45) is 0 Å². The molecule has 0 amide bonds. The second-order valence-corrected chi connectivity index (χ2v) is 5.64. The number of benzene rings is 2. The summed E-state index contributed by atoms with van der Waals surface area (Å²) >= 11 is 14.9. The lowest BCUT2D eigenvalue weighted by Crippen LogP contribution is -1.99. The van der Waals surface area contributed by atoms with Gasteiger partial charge < -0.3 is 4.74 Å². The van der Waals surface area contributed by atoms with Gasteiger partial charge in [-0.05, 0) is 17.7 Å². The lowest BCUT2D eigenvalue weighted by atomic mass is 10.2. The third kappa shape index (κ3) is 3.62. The molecule has 0 heterocycles. The zero-order chi connectivity index (χ0) is 14.7. The molecule has 0 aliphatic rings. The van der Waals surface area contributed by atoms with Crippen LogP contribution in [0.2, 0.25) is 10.0 Å². The summed E-state index contributed by atoms with van der Waals surface area (Å²) in [7, 11) is 0. The molecule has 0 saturated heterocycles. The summed E-state index contributed by atoms with van der Waals surface area (Å²) in [4.78, 5) is 10.4. The van der Waals surface area contributed by atoms with Gasteiger partial charge in [0.2, 0.25) is 0 Å². The van der Waals surface area contributed by atoms with Gasteiger partial charge in [-0.15, -0.1) is 0 Å².